The maximum absolute atomic E-state index is 12.2. The fourth-order valence-corrected chi connectivity index (χ4v) is 4.25. The molecule has 0 bridgehead atoms. The van der Waals surface area contributed by atoms with Crippen LogP contribution < -0.4 is 5.32 Å². The molecular weight excluding hydrogens is 398 g/mol. The summed E-state index contributed by atoms with van der Waals surface area (Å²) in [5, 5.41) is 3.25. The largest absolute Gasteiger partial charge is 0.361 e. The second-order valence-corrected chi connectivity index (χ2v) is 9.13. The zero-order valence-electron chi connectivity index (χ0n) is 16.5. The van der Waals surface area contributed by atoms with Gasteiger partial charge < -0.3 is 10.2 Å². The van der Waals surface area contributed by atoms with Crippen molar-refractivity contribution in [3.63, 3.8) is 0 Å². The summed E-state index contributed by atoms with van der Waals surface area (Å²) in [7, 11) is -3.40. The topological polar surface area (TPSA) is 88.7 Å². The molecule has 7 nitrogen and oxygen atoms in total. The number of hydrogen-bond acceptors (Lipinski definition) is 6. The monoisotopic (exact) mass is 417 g/mol. The number of sulfone groups is 1. The van der Waals surface area contributed by atoms with Gasteiger partial charge in [-0.3, -0.25) is 9.98 Å². The summed E-state index contributed by atoms with van der Waals surface area (Å²) < 4.78 is 24.4. The zero-order chi connectivity index (χ0) is 21.3. The second-order valence-electron chi connectivity index (χ2n) is 7.15. The van der Waals surface area contributed by atoms with E-state index >= 15 is 0 Å². The number of nitrogens with one attached hydrogen (secondary N) is 1. The van der Waals surface area contributed by atoms with Gasteiger partial charge in [0.1, 0.15) is 11.4 Å². The molecule has 0 amide bonds. The van der Waals surface area contributed by atoms with Gasteiger partial charge in [-0.1, -0.05) is 24.8 Å². The minimum Gasteiger partial charge on any atom is -0.361 e. The number of aliphatic imine (C=N–C) groups is 1. The number of fused-ring (bicyclic) bond motifs is 1. The van der Waals surface area contributed by atoms with Crippen molar-refractivity contribution >= 4 is 38.4 Å². The summed E-state index contributed by atoms with van der Waals surface area (Å²) in [6.45, 7) is 9.09. The minimum atomic E-state index is -3.40. The Labute approximate surface area is 175 Å². The number of rotatable bonds is 5. The molecule has 0 radical (unpaired) electrons. The SMILES string of the molecule is [C-]#[N+]c1cccc(Cc2cc(Nc3ccccc3S(C)(=O)=O)c3c(n2)CC(C)=N3)n1. The maximum atomic E-state index is 12.2. The van der Waals surface area contributed by atoms with Crippen LogP contribution in [0.15, 0.2) is 58.4 Å². The van der Waals surface area contributed by atoms with Crippen LogP contribution in [0.5, 0.6) is 0 Å². The predicted molar refractivity (Wildman–Crippen MR) is 117 cm³/mol. The lowest BCUT2D eigenvalue weighted by Crippen LogP contribution is -2.05. The van der Waals surface area contributed by atoms with Crippen LogP contribution in [0.2, 0.25) is 0 Å². The molecule has 4 rings (SSSR count). The van der Waals surface area contributed by atoms with Crippen LogP contribution in [0, 0.1) is 6.57 Å². The van der Waals surface area contributed by atoms with Gasteiger partial charge in [0.05, 0.1) is 34.1 Å². The fourth-order valence-electron chi connectivity index (χ4n) is 3.41. The molecule has 0 saturated carbocycles. The van der Waals surface area contributed by atoms with Crippen molar-refractivity contribution in [2.75, 3.05) is 11.6 Å². The lowest BCUT2D eigenvalue weighted by atomic mass is 10.1. The van der Waals surface area contributed by atoms with Gasteiger partial charge in [-0.2, -0.15) is 0 Å². The molecule has 0 saturated heterocycles. The number of anilines is 2. The molecular formula is C22H19N5O2S. The number of aromatic nitrogens is 2. The van der Waals surface area contributed by atoms with Crippen molar-refractivity contribution in [1.82, 2.24) is 9.97 Å². The summed E-state index contributed by atoms with van der Waals surface area (Å²) in [6, 6.07) is 14.0. The maximum Gasteiger partial charge on any atom is 0.269 e. The van der Waals surface area contributed by atoms with Gasteiger partial charge >= 0.3 is 0 Å². The van der Waals surface area contributed by atoms with E-state index in [1.54, 1.807) is 36.4 Å². The standard InChI is InChI=1S/C22H19N5O2S/c1-14-11-18-22(24-14)19(27-17-8-4-5-9-20(17)30(3,28)29)13-16(25-18)12-15-7-6-10-21(23-2)26-15/h4-10,13H,11-12H2,1,3H3,(H,25,27). The zero-order valence-corrected chi connectivity index (χ0v) is 17.4. The van der Waals surface area contributed by atoms with E-state index in [9.17, 15) is 8.42 Å². The first-order valence-electron chi connectivity index (χ1n) is 9.30. The molecule has 1 aliphatic heterocycles. The van der Waals surface area contributed by atoms with Gasteiger partial charge in [-0.15, -0.1) is 4.98 Å². The normalized spacial score (nSPS) is 12.8. The van der Waals surface area contributed by atoms with E-state index in [0.717, 1.165) is 28.5 Å². The van der Waals surface area contributed by atoms with Crippen molar-refractivity contribution in [3.8, 4) is 0 Å². The van der Waals surface area contributed by atoms with Crippen LogP contribution in [0.25, 0.3) is 4.85 Å². The molecule has 0 unspecified atom stereocenters. The van der Waals surface area contributed by atoms with E-state index in [2.05, 4.69) is 20.1 Å². The number of para-hydroxylation sites is 1. The van der Waals surface area contributed by atoms with Gasteiger partial charge in [0, 0.05) is 18.4 Å². The third kappa shape index (κ3) is 4.07. The summed E-state index contributed by atoms with van der Waals surface area (Å²) in [5.41, 5.74) is 5.22. The Morgan fingerprint density at radius 1 is 1.07 bits per heavy atom. The number of hydrogen-bond donors (Lipinski definition) is 1. The first-order chi connectivity index (χ1) is 14.3. The molecule has 0 aliphatic carbocycles. The van der Waals surface area contributed by atoms with Gasteiger partial charge in [0.25, 0.3) is 5.82 Å². The van der Waals surface area contributed by atoms with E-state index in [1.165, 1.54) is 6.26 Å². The molecule has 1 N–H and O–H groups in total. The van der Waals surface area contributed by atoms with Crippen molar-refractivity contribution in [3.05, 3.63) is 77.0 Å². The Bertz CT molecular complexity index is 1320. The summed E-state index contributed by atoms with van der Waals surface area (Å²) >= 11 is 0. The number of pyridine rings is 2. The molecule has 0 atom stereocenters. The fraction of sp³-hybridized carbons (Fsp3) is 0.182. The average Bonchev–Trinajstić information content (AvgIpc) is 3.08. The third-order valence-electron chi connectivity index (χ3n) is 4.67. The van der Waals surface area contributed by atoms with Gasteiger partial charge in [-0.05, 0) is 37.3 Å². The Kier molecular flexibility index (Phi) is 5.06. The molecule has 1 aliphatic rings. The van der Waals surface area contributed by atoms with Crippen LogP contribution in [0.4, 0.5) is 22.9 Å². The number of nitrogens with zero attached hydrogens (tertiary/aromatic N) is 4. The van der Waals surface area contributed by atoms with E-state index in [0.29, 0.717) is 30.0 Å². The average molecular weight is 417 g/mol. The van der Waals surface area contributed by atoms with E-state index < -0.39 is 9.84 Å². The van der Waals surface area contributed by atoms with Crippen molar-refractivity contribution in [1.29, 1.82) is 0 Å². The smallest absolute Gasteiger partial charge is 0.269 e. The van der Waals surface area contributed by atoms with Gasteiger partial charge in [0.15, 0.2) is 9.84 Å². The van der Waals surface area contributed by atoms with Crippen LogP contribution in [-0.2, 0) is 22.7 Å². The van der Waals surface area contributed by atoms with Gasteiger partial charge in [0.2, 0.25) is 0 Å². The predicted octanol–water partition coefficient (Wildman–Crippen LogP) is 4.41. The Morgan fingerprint density at radius 2 is 1.87 bits per heavy atom. The summed E-state index contributed by atoms with van der Waals surface area (Å²) in [6.07, 6.45) is 2.29. The highest BCUT2D eigenvalue weighted by Crippen LogP contribution is 2.37. The van der Waals surface area contributed by atoms with Crippen LogP contribution in [-0.4, -0.2) is 30.4 Å². The van der Waals surface area contributed by atoms with Crippen molar-refractivity contribution in [2.45, 2.75) is 24.7 Å². The number of benzene rings is 1. The highest BCUT2D eigenvalue weighted by Gasteiger charge is 2.21. The van der Waals surface area contributed by atoms with E-state index in [4.69, 9.17) is 11.6 Å². The molecule has 8 heteroatoms. The Balaban J connectivity index is 1.76. The first kappa shape index (κ1) is 19.7. The van der Waals surface area contributed by atoms with Crippen LogP contribution in [0.1, 0.15) is 24.0 Å². The highest BCUT2D eigenvalue weighted by molar-refractivity contribution is 7.90. The quantitative estimate of drug-likeness (QED) is 0.621. The Hall–Kier alpha value is -3.57. The molecule has 0 fully saturated rings. The molecule has 3 aromatic rings. The molecule has 0 spiro atoms. The molecule has 3 heterocycles. The second kappa shape index (κ2) is 7.69. The van der Waals surface area contributed by atoms with Crippen LogP contribution in [0.3, 0.4) is 0 Å². The van der Waals surface area contributed by atoms with E-state index in [-0.39, 0.29) is 4.90 Å². The summed E-state index contributed by atoms with van der Waals surface area (Å²) in [5.74, 6) is 0.341. The molecule has 150 valence electrons. The molecule has 1 aromatic carbocycles. The highest BCUT2D eigenvalue weighted by atomic mass is 32.2. The van der Waals surface area contributed by atoms with Crippen molar-refractivity contribution in [2.24, 2.45) is 4.99 Å². The molecule has 30 heavy (non-hydrogen) atoms. The summed E-state index contributed by atoms with van der Waals surface area (Å²) in [4.78, 5) is 17.3. The molecule has 2 aromatic heterocycles. The third-order valence-corrected chi connectivity index (χ3v) is 5.82. The van der Waals surface area contributed by atoms with E-state index in [1.807, 2.05) is 19.1 Å². The first-order valence-corrected chi connectivity index (χ1v) is 11.2. The lowest BCUT2D eigenvalue weighted by Gasteiger charge is -2.14. The minimum absolute atomic E-state index is 0.224. The van der Waals surface area contributed by atoms with Gasteiger partial charge in [-0.25, -0.2) is 8.42 Å². The Morgan fingerprint density at radius 3 is 2.63 bits per heavy atom. The van der Waals surface area contributed by atoms with Crippen LogP contribution >= 0.6 is 0 Å². The van der Waals surface area contributed by atoms with Crippen molar-refractivity contribution < 1.29 is 8.42 Å². The lowest BCUT2D eigenvalue weighted by molar-refractivity contribution is 0.602.